The Balaban J connectivity index is 1.24. The molecule has 0 atom stereocenters. The summed E-state index contributed by atoms with van der Waals surface area (Å²) in [6.07, 6.45) is 0.752. The van der Waals surface area contributed by atoms with Gasteiger partial charge in [-0.05, 0) is 36.8 Å². The van der Waals surface area contributed by atoms with Crippen LogP contribution in [0.3, 0.4) is 0 Å². The molecule has 4 rings (SSSR count). The van der Waals surface area contributed by atoms with Crippen LogP contribution in [-0.2, 0) is 17.8 Å². The zero-order valence-corrected chi connectivity index (χ0v) is 18.1. The quantitative estimate of drug-likeness (QED) is 0.574. The van der Waals surface area contributed by atoms with E-state index in [0.29, 0.717) is 49.3 Å². The van der Waals surface area contributed by atoms with Gasteiger partial charge in [0, 0.05) is 56.2 Å². The van der Waals surface area contributed by atoms with Crippen LogP contribution in [0.2, 0.25) is 5.02 Å². The van der Waals surface area contributed by atoms with Gasteiger partial charge in [0.05, 0.1) is 0 Å². The van der Waals surface area contributed by atoms with Gasteiger partial charge in [-0.3, -0.25) is 9.69 Å². The summed E-state index contributed by atoms with van der Waals surface area (Å²) in [6.45, 7) is 5.46. The fourth-order valence-corrected chi connectivity index (χ4v) is 3.81. The maximum atomic E-state index is 13.2. The van der Waals surface area contributed by atoms with Crippen molar-refractivity contribution in [1.29, 1.82) is 0 Å². The molecule has 1 fully saturated rings. The van der Waals surface area contributed by atoms with E-state index in [2.05, 4.69) is 15.1 Å². The Hall–Kier alpha value is -2.77. The molecule has 1 saturated heterocycles. The molecule has 3 aromatic rings. The summed E-state index contributed by atoms with van der Waals surface area (Å²) in [5.41, 5.74) is 2.92. The van der Waals surface area contributed by atoms with Crippen molar-refractivity contribution < 1.29 is 13.6 Å². The van der Waals surface area contributed by atoms with E-state index < -0.39 is 0 Å². The van der Waals surface area contributed by atoms with E-state index >= 15 is 0 Å². The highest BCUT2D eigenvalue weighted by molar-refractivity contribution is 6.31. The van der Waals surface area contributed by atoms with Gasteiger partial charge in [0.15, 0.2) is 0 Å². The molecule has 0 spiro atoms. The molecule has 1 aromatic heterocycles. The Bertz CT molecular complexity index is 1050. The molecule has 0 bridgehead atoms. The van der Waals surface area contributed by atoms with Crippen molar-refractivity contribution in [2.75, 3.05) is 26.2 Å². The van der Waals surface area contributed by atoms with Crippen molar-refractivity contribution in [1.82, 2.24) is 20.0 Å². The van der Waals surface area contributed by atoms with Crippen molar-refractivity contribution in [3.63, 3.8) is 0 Å². The van der Waals surface area contributed by atoms with Gasteiger partial charge in [0.25, 0.3) is 0 Å². The standard InChI is InChI=1S/C23H24ClFN4O2/c1-16-2-4-17(5-3-16)23-27-26-21(31-23)8-9-22(30)29-12-10-28(11-13-29)15-18-6-7-19(25)14-20(18)24/h2-7,14H,8-13,15H2,1H3. The van der Waals surface area contributed by atoms with E-state index in [1.54, 1.807) is 6.07 Å². The first-order chi connectivity index (χ1) is 15.0. The Kier molecular flexibility index (Phi) is 6.63. The Morgan fingerprint density at radius 1 is 1.10 bits per heavy atom. The largest absolute Gasteiger partial charge is 0.421 e. The topological polar surface area (TPSA) is 62.5 Å². The van der Waals surface area contributed by atoms with Gasteiger partial charge in [-0.25, -0.2) is 4.39 Å². The van der Waals surface area contributed by atoms with Gasteiger partial charge in [0.1, 0.15) is 5.82 Å². The second-order valence-corrected chi connectivity index (χ2v) is 8.17. The number of hydrogen-bond acceptors (Lipinski definition) is 5. The van der Waals surface area contributed by atoms with Crippen molar-refractivity contribution >= 4 is 17.5 Å². The van der Waals surface area contributed by atoms with Gasteiger partial charge in [-0.15, -0.1) is 10.2 Å². The van der Waals surface area contributed by atoms with E-state index in [1.165, 1.54) is 12.1 Å². The fourth-order valence-electron chi connectivity index (χ4n) is 3.59. The third-order valence-corrected chi connectivity index (χ3v) is 5.80. The number of carbonyl (C=O) groups excluding carboxylic acids is 1. The van der Waals surface area contributed by atoms with Gasteiger partial charge >= 0.3 is 0 Å². The van der Waals surface area contributed by atoms with Crippen LogP contribution in [-0.4, -0.2) is 52.1 Å². The second-order valence-electron chi connectivity index (χ2n) is 7.76. The number of piperazine rings is 1. The summed E-state index contributed by atoms with van der Waals surface area (Å²) in [7, 11) is 0. The first kappa shape index (κ1) is 21.5. The monoisotopic (exact) mass is 442 g/mol. The smallest absolute Gasteiger partial charge is 0.247 e. The minimum atomic E-state index is -0.337. The van der Waals surface area contributed by atoms with Crippen LogP contribution in [0.15, 0.2) is 46.9 Å². The summed E-state index contributed by atoms with van der Waals surface area (Å²) >= 11 is 6.12. The first-order valence-corrected chi connectivity index (χ1v) is 10.7. The first-order valence-electron chi connectivity index (χ1n) is 10.3. The second kappa shape index (κ2) is 9.58. The Morgan fingerprint density at radius 3 is 2.55 bits per heavy atom. The lowest BCUT2D eigenvalue weighted by Crippen LogP contribution is -2.48. The third kappa shape index (κ3) is 5.48. The number of halogens is 2. The fraction of sp³-hybridized carbons (Fsp3) is 0.348. The van der Waals surface area contributed by atoms with Crippen molar-refractivity contribution in [3.05, 3.63) is 70.3 Å². The highest BCUT2D eigenvalue weighted by Gasteiger charge is 2.22. The molecule has 2 heterocycles. The Labute approximate surface area is 185 Å². The maximum Gasteiger partial charge on any atom is 0.247 e. The average molecular weight is 443 g/mol. The molecule has 0 radical (unpaired) electrons. The molecule has 1 amide bonds. The number of carbonyl (C=O) groups is 1. The number of nitrogens with zero attached hydrogens (tertiary/aromatic N) is 4. The van der Waals surface area contributed by atoms with E-state index in [-0.39, 0.29) is 11.7 Å². The van der Waals surface area contributed by atoms with Crippen LogP contribution in [0.1, 0.15) is 23.4 Å². The molecule has 8 heteroatoms. The third-order valence-electron chi connectivity index (χ3n) is 5.45. The van der Waals surface area contributed by atoms with E-state index in [0.717, 1.165) is 29.8 Å². The zero-order chi connectivity index (χ0) is 21.8. The van der Waals surface area contributed by atoms with Crippen LogP contribution >= 0.6 is 11.6 Å². The Morgan fingerprint density at radius 2 is 1.84 bits per heavy atom. The lowest BCUT2D eigenvalue weighted by atomic mass is 10.1. The molecular weight excluding hydrogens is 419 g/mol. The lowest BCUT2D eigenvalue weighted by molar-refractivity contribution is -0.133. The van der Waals surface area contributed by atoms with Crippen LogP contribution in [0, 0.1) is 12.7 Å². The molecule has 1 aliphatic rings. The molecule has 6 nitrogen and oxygen atoms in total. The summed E-state index contributed by atoms with van der Waals surface area (Å²) in [5.74, 6) is 0.676. The number of aryl methyl sites for hydroxylation is 2. The number of amides is 1. The number of benzene rings is 2. The van der Waals surface area contributed by atoms with Crippen LogP contribution < -0.4 is 0 Å². The predicted octanol–water partition coefficient (Wildman–Crippen LogP) is 4.11. The molecule has 0 aliphatic carbocycles. The zero-order valence-electron chi connectivity index (χ0n) is 17.4. The predicted molar refractivity (Wildman–Crippen MR) is 116 cm³/mol. The van der Waals surface area contributed by atoms with E-state index in [1.807, 2.05) is 36.1 Å². The van der Waals surface area contributed by atoms with E-state index in [4.69, 9.17) is 16.0 Å². The van der Waals surface area contributed by atoms with Crippen molar-refractivity contribution in [3.8, 4) is 11.5 Å². The summed E-state index contributed by atoms with van der Waals surface area (Å²) < 4.78 is 18.9. The van der Waals surface area contributed by atoms with Gasteiger partial charge in [-0.1, -0.05) is 35.4 Å². The molecule has 0 N–H and O–H groups in total. The summed E-state index contributed by atoms with van der Waals surface area (Å²) in [4.78, 5) is 16.7. The minimum absolute atomic E-state index is 0.0783. The van der Waals surface area contributed by atoms with Crippen LogP contribution in [0.4, 0.5) is 4.39 Å². The highest BCUT2D eigenvalue weighted by atomic mass is 35.5. The number of aromatic nitrogens is 2. The number of rotatable bonds is 6. The lowest BCUT2D eigenvalue weighted by Gasteiger charge is -2.35. The van der Waals surface area contributed by atoms with Crippen molar-refractivity contribution in [2.24, 2.45) is 0 Å². The molecule has 0 saturated carbocycles. The van der Waals surface area contributed by atoms with E-state index in [9.17, 15) is 9.18 Å². The average Bonchev–Trinajstić information content (AvgIpc) is 3.24. The van der Waals surface area contributed by atoms with Gasteiger partial charge in [-0.2, -0.15) is 0 Å². The molecule has 1 aliphatic heterocycles. The van der Waals surface area contributed by atoms with Gasteiger partial charge < -0.3 is 9.32 Å². The molecule has 31 heavy (non-hydrogen) atoms. The molecule has 0 unspecified atom stereocenters. The van der Waals surface area contributed by atoms with Gasteiger partial charge in [0.2, 0.25) is 17.7 Å². The molecule has 162 valence electrons. The summed E-state index contributed by atoms with van der Waals surface area (Å²) in [5, 5.41) is 8.59. The molecule has 2 aromatic carbocycles. The SMILES string of the molecule is Cc1ccc(-c2nnc(CCC(=O)N3CCN(Cc4ccc(F)cc4Cl)CC3)o2)cc1. The molecular formula is C23H24ClFN4O2. The van der Waals surface area contributed by atoms with Crippen molar-refractivity contribution in [2.45, 2.75) is 26.3 Å². The minimum Gasteiger partial charge on any atom is -0.421 e. The van der Waals surface area contributed by atoms with Crippen LogP contribution in [0.25, 0.3) is 11.5 Å². The highest BCUT2D eigenvalue weighted by Crippen LogP contribution is 2.21. The normalized spacial score (nSPS) is 14.7. The maximum absolute atomic E-state index is 13.2. The number of hydrogen-bond donors (Lipinski definition) is 0. The summed E-state index contributed by atoms with van der Waals surface area (Å²) in [6, 6.07) is 12.3. The van der Waals surface area contributed by atoms with Crippen LogP contribution in [0.5, 0.6) is 0 Å².